The Bertz CT molecular complexity index is 468. The van der Waals surface area contributed by atoms with Gasteiger partial charge in [-0.1, -0.05) is 6.07 Å². The molecule has 1 atom stereocenters. The molecule has 1 saturated carbocycles. The number of benzene rings is 1. The van der Waals surface area contributed by atoms with E-state index in [1.807, 2.05) is 12.1 Å². The first-order valence-electron chi connectivity index (χ1n) is 7.87. The van der Waals surface area contributed by atoms with Gasteiger partial charge in [0.25, 0.3) is 0 Å². The van der Waals surface area contributed by atoms with Crippen molar-refractivity contribution in [2.24, 2.45) is 5.41 Å². The van der Waals surface area contributed by atoms with E-state index in [9.17, 15) is 0 Å². The molecule has 21 heavy (non-hydrogen) atoms. The van der Waals surface area contributed by atoms with E-state index in [0.717, 1.165) is 44.5 Å². The molecule has 0 aromatic heterocycles. The maximum atomic E-state index is 5.70. The maximum absolute atomic E-state index is 5.70. The Balaban J connectivity index is 1.65. The van der Waals surface area contributed by atoms with Crippen LogP contribution in [0.1, 0.15) is 19.3 Å². The van der Waals surface area contributed by atoms with Gasteiger partial charge in [0.05, 0.1) is 13.7 Å². The normalized spacial score (nSPS) is 25.0. The third kappa shape index (κ3) is 3.69. The third-order valence-electron chi connectivity index (χ3n) is 4.59. The quantitative estimate of drug-likeness (QED) is 0.835. The first kappa shape index (κ1) is 14.7. The second-order valence-electron chi connectivity index (χ2n) is 6.52. The zero-order chi connectivity index (χ0) is 14.7. The van der Waals surface area contributed by atoms with Crippen LogP contribution in [0, 0.1) is 5.41 Å². The third-order valence-corrected chi connectivity index (χ3v) is 4.59. The highest BCUT2D eigenvalue weighted by atomic mass is 16.5. The molecule has 1 heterocycles. The Kier molecular flexibility index (Phi) is 4.36. The molecule has 0 amide bonds. The fourth-order valence-corrected chi connectivity index (χ4v) is 3.06. The second kappa shape index (κ2) is 6.24. The average Bonchev–Trinajstić information content (AvgIpc) is 3.24. The van der Waals surface area contributed by atoms with Crippen molar-refractivity contribution in [3.05, 3.63) is 24.3 Å². The molecule has 0 spiro atoms. The van der Waals surface area contributed by atoms with Crippen LogP contribution in [0.2, 0.25) is 0 Å². The van der Waals surface area contributed by atoms with Crippen LogP contribution in [-0.2, 0) is 4.74 Å². The van der Waals surface area contributed by atoms with Gasteiger partial charge in [0, 0.05) is 50.0 Å². The highest BCUT2D eigenvalue weighted by molar-refractivity contribution is 5.50. The average molecular weight is 290 g/mol. The summed E-state index contributed by atoms with van der Waals surface area (Å²) < 4.78 is 11.0. The molecule has 3 rings (SSSR count). The molecule has 1 N–H and O–H groups in total. The molecule has 4 heteroatoms. The molecule has 1 aliphatic heterocycles. The van der Waals surface area contributed by atoms with E-state index in [0.29, 0.717) is 0 Å². The Morgan fingerprint density at radius 3 is 2.95 bits per heavy atom. The summed E-state index contributed by atoms with van der Waals surface area (Å²) in [4.78, 5) is 2.33. The summed E-state index contributed by atoms with van der Waals surface area (Å²) in [6.07, 6.45) is 3.81. The monoisotopic (exact) mass is 290 g/mol. The number of anilines is 1. The molecule has 116 valence electrons. The van der Waals surface area contributed by atoms with E-state index in [4.69, 9.17) is 9.47 Å². The van der Waals surface area contributed by atoms with Crippen LogP contribution in [0.4, 0.5) is 5.69 Å². The van der Waals surface area contributed by atoms with Gasteiger partial charge in [-0.3, -0.25) is 0 Å². The smallest absolute Gasteiger partial charge is 0.120 e. The molecule has 4 nitrogen and oxygen atoms in total. The van der Waals surface area contributed by atoms with Gasteiger partial charge in [0.15, 0.2) is 0 Å². The summed E-state index contributed by atoms with van der Waals surface area (Å²) >= 11 is 0. The molecule has 0 bridgehead atoms. The maximum Gasteiger partial charge on any atom is 0.120 e. The lowest BCUT2D eigenvalue weighted by molar-refractivity contribution is 0.152. The van der Waals surface area contributed by atoms with Gasteiger partial charge >= 0.3 is 0 Å². The van der Waals surface area contributed by atoms with Crippen LogP contribution < -0.4 is 15.0 Å². The van der Waals surface area contributed by atoms with Crippen molar-refractivity contribution < 1.29 is 9.47 Å². The molecule has 0 radical (unpaired) electrons. The lowest BCUT2D eigenvalue weighted by Gasteiger charge is -2.34. The Morgan fingerprint density at radius 2 is 2.29 bits per heavy atom. The molecule has 1 aromatic rings. The van der Waals surface area contributed by atoms with Gasteiger partial charge in [0.1, 0.15) is 5.75 Å². The topological polar surface area (TPSA) is 33.7 Å². The zero-order valence-electron chi connectivity index (χ0n) is 13.1. The van der Waals surface area contributed by atoms with Crippen molar-refractivity contribution in [1.29, 1.82) is 0 Å². The summed E-state index contributed by atoms with van der Waals surface area (Å²) in [5.41, 5.74) is 1.44. The molecule has 2 fully saturated rings. The predicted octanol–water partition coefficient (Wildman–Crippen LogP) is 2.29. The van der Waals surface area contributed by atoms with Crippen molar-refractivity contribution in [2.45, 2.75) is 25.3 Å². The molecule has 1 aliphatic carbocycles. The number of nitrogens with one attached hydrogen (secondary N) is 1. The van der Waals surface area contributed by atoms with E-state index in [1.165, 1.54) is 18.5 Å². The highest BCUT2D eigenvalue weighted by Crippen LogP contribution is 2.32. The van der Waals surface area contributed by atoms with Gasteiger partial charge in [-0.25, -0.2) is 0 Å². The molecule has 2 aliphatic rings. The first-order chi connectivity index (χ1) is 10.2. The summed E-state index contributed by atoms with van der Waals surface area (Å²) in [6.45, 7) is 3.82. The van der Waals surface area contributed by atoms with E-state index in [-0.39, 0.29) is 5.41 Å². The van der Waals surface area contributed by atoms with Crippen LogP contribution in [0.25, 0.3) is 0 Å². The number of ether oxygens (including phenoxy) is 2. The van der Waals surface area contributed by atoms with E-state index in [1.54, 1.807) is 7.11 Å². The van der Waals surface area contributed by atoms with Crippen molar-refractivity contribution in [3.63, 3.8) is 0 Å². The van der Waals surface area contributed by atoms with Gasteiger partial charge in [-0.15, -0.1) is 0 Å². The summed E-state index contributed by atoms with van der Waals surface area (Å²) in [5.74, 6) is 0.909. The minimum atomic E-state index is 0.237. The Hall–Kier alpha value is -1.26. The van der Waals surface area contributed by atoms with Crippen molar-refractivity contribution in [3.8, 4) is 5.75 Å². The minimum Gasteiger partial charge on any atom is -0.497 e. The second-order valence-corrected chi connectivity index (χ2v) is 6.52. The molecular weight excluding hydrogens is 264 g/mol. The van der Waals surface area contributed by atoms with Crippen LogP contribution in [0.5, 0.6) is 5.75 Å². The standard InChI is InChI=1S/C17H26N2O2/c1-19(15-4-3-5-16(10-15)20-2)12-17(8-9-21-13-17)11-18-14-6-7-14/h3-5,10,14,18H,6-9,11-13H2,1-2H3. The largest absolute Gasteiger partial charge is 0.497 e. The van der Waals surface area contributed by atoms with E-state index >= 15 is 0 Å². The molecular formula is C17H26N2O2. The van der Waals surface area contributed by atoms with E-state index in [2.05, 4.69) is 29.4 Å². The molecule has 1 aromatic carbocycles. The Labute approximate surface area is 127 Å². The summed E-state index contributed by atoms with van der Waals surface area (Å²) in [7, 11) is 3.87. The van der Waals surface area contributed by atoms with Crippen LogP contribution in [-0.4, -0.2) is 46.5 Å². The first-order valence-corrected chi connectivity index (χ1v) is 7.87. The number of hydrogen-bond donors (Lipinski definition) is 1. The fourth-order valence-electron chi connectivity index (χ4n) is 3.06. The van der Waals surface area contributed by atoms with Crippen LogP contribution >= 0.6 is 0 Å². The SMILES string of the molecule is COc1cccc(N(C)CC2(CNC3CC3)CCOC2)c1. The minimum absolute atomic E-state index is 0.237. The summed E-state index contributed by atoms with van der Waals surface area (Å²) in [5, 5.41) is 3.69. The lowest BCUT2D eigenvalue weighted by atomic mass is 9.86. The van der Waals surface area contributed by atoms with Crippen molar-refractivity contribution in [2.75, 3.05) is 45.4 Å². The Morgan fingerprint density at radius 1 is 1.43 bits per heavy atom. The van der Waals surface area contributed by atoms with Crippen molar-refractivity contribution >= 4 is 5.69 Å². The number of nitrogens with zero attached hydrogens (tertiary/aromatic N) is 1. The zero-order valence-corrected chi connectivity index (χ0v) is 13.1. The van der Waals surface area contributed by atoms with E-state index < -0.39 is 0 Å². The fraction of sp³-hybridized carbons (Fsp3) is 0.647. The van der Waals surface area contributed by atoms with Gasteiger partial charge in [-0.2, -0.15) is 0 Å². The summed E-state index contributed by atoms with van der Waals surface area (Å²) in [6, 6.07) is 9.02. The van der Waals surface area contributed by atoms with Crippen LogP contribution in [0.3, 0.4) is 0 Å². The predicted molar refractivity (Wildman–Crippen MR) is 85.2 cm³/mol. The number of hydrogen-bond acceptors (Lipinski definition) is 4. The molecule has 1 saturated heterocycles. The van der Waals surface area contributed by atoms with Gasteiger partial charge < -0.3 is 19.7 Å². The number of rotatable bonds is 7. The lowest BCUT2D eigenvalue weighted by Crippen LogP contribution is -2.44. The van der Waals surface area contributed by atoms with Gasteiger partial charge in [0.2, 0.25) is 0 Å². The van der Waals surface area contributed by atoms with Gasteiger partial charge in [-0.05, 0) is 31.4 Å². The van der Waals surface area contributed by atoms with Crippen LogP contribution in [0.15, 0.2) is 24.3 Å². The molecule has 1 unspecified atom stereocenters. The highest BCUT2D eigenvalue weighted by Gasteiger charge is 2.37. The number of methoxy groups -OCH3 is 1. The van der Waals surface area contributed by atoms with Crippen molar-refractivity contribution in [1.82, 2.24) is 5.32 Å².